The number of carboxylic acid groups (broad SMARTS) is 1. The predicted octanol–water partition coefficient (Wildman–Crippen LogP) is 2.44. The van der Waals surface area contributed by atoms with Crippen LogP contribution in [0.3, 0.4) is 0 Å². The highest BCUT2D eigenvalue weighted by Gasteiger charge is 2.43. The zero-order chi connectivity index (χ0) is 14.9. The average molecular weight is 279 g/mol. The molecule has 2 unspecified atom stereocenters. The minimum atomic E-state index is -0.804. The number of rotatable bonds is 4. The molecule has 2 rings (SSSR count). The first-order valence-electron chi connectivity index (χ1n) is 7.37. The second-order valence-electron chi connectivity index (χ2n) is 6.26. The second-order valence-corrected chi connectivity index (χ2v) is 6.26. The summed E-state index contributed by atoms with van der Waals surface area (Å²) < 4.78 is 2.15. The van der Waals surface area contributed by atoms with Gasteiger partial charge >= 0.3 is 5.97 Å². The second kappa shape index (κ2) is 5.56. The minimum Gasteiger partial charge on any atom is -0.480 e. The van der Waals surface area contributed by atoms with Gasteiger partial charge in [-0.1, -0.05) is 0 Å². The summed E-state index contributed by atoms with van der Waals surface area (Å²) in [6.07, 6.45) is 5.11. The standard InChI is InChI=1S/C15H25N3O2/c1-10(2)17-15(14(19)20)7-5-6-13(8-15)18-9-16-11(3)12(18)4/h9-10,13,17H,5-8H2,1-4H3,(H,19,20). The van der Waals surface area contributed by atoms with Crippen molar-refractivity contribution in [1.82, 2.24) is 14.9 Å². The summed E-state index contributed by atoms with van der Waals surface area (Å²) in [6.45, 7) is 8.04. The molecule has 0 radical (unpaired) electrons. The molecule has 5 nitrogen and oxygen atoms in total. The minimum absolute atomic E-state index is 0.162. The molecule has 1 saturated carbocycles. The molecule has 1 heterocycles. The fourth-order valence-corrected chi connectivity index (χ4v) is 3.31. The van der Waals surface area contributed by atoms with Gasteiger partial charge in [0.15, 0.2) is 0 Å². The highest BCUT2D eigenvalue weighted by atomic mass is 16.4. The van der Waals surface area contributed by atoms with Crippen molar-refractivity contribution in [2.45, 2.75) is 71.0 Å². The summed E-state index contributed by atoms with van der Waals surface area (Å²) >= 11 is 0. The Kier molecular flexibility index (Phi) is 4.18. The molecule has 0 spiro atoms. The number of carbonyl (C=O) groups is 1. The van der Waals surface area contributed by atoms with E-state index in [1.165, 1.54) is 0 Å². The summed E-state index contributed by atoms with van der Waals surface area (Å²) in [6, 6.07) is 0.378. The van der Waals surface area contributed by atoms with Gasteiger partial charge in [0.2, 0.25) is 0 Å². The Labute approximate surface area is 120 Å². The van der Waals surface area contributed by atoms with Crippen LogP contribution < -0.4 is 5.32 Å². The molecule has 0 aliphatic heterocycles. The molecule has 112 valence electrons. The summed E-state index contributed by atoms with van der Waals surface area (Å²) in [7, 11) is 0. The molecule has 0 saturated heterocycles. The first kappa shape index (κ1) is 15.0. The van der Waals surface area contributed by atoms with Gasteiger partial charge in [-0.2, -0.15) is 0 Å². The third kappa shape index (κ3) is 2.73. The summed E-state index contributed by atoms with van der Waals surface area (Å²) in [5.41, 5.74) is 1.36. The number of aryl methyl sites for hydroxylation is 1. The Morgan fingerprint density at radius 3 is 2.75 bits per heavy atom. The maximum absolute atomic E-state index is 11.8. The Balaban J connectivity index is 2.26. The number of carboxylic acids is 1. The molecule has 0 amide bonds. The van der Waals surface area contributed by atoms with E-state index in [9.17, 15) is 9.90 Å². The topological polar surface area (TPSA) is 67.2 Å². The van der Waals surface area contributed by atoms with Crippen LogP contribution >= 0.6 is 0 Å². The first-order chi connectivity index (χ1) is 9.35. The van der Waals surface area contributed by atoms with Gasteiger partial charge in [0, 0.05) is 17.8 Å². The molecular weight excluding hydrogens is 254 g/mol. The first-order valence-corrected chi connectivity index (χ1v) is 7.37. The van der Waals surface area contributed by atoms with Crippen molar-refractivity contribution in [2.24, 2.45) is 0 Å². The molecule has 20 heavy (non-hydrogen) atoms. The normalized spacial score (nSPS) is 26.9. The van der Waals surface area contributed by atoms with Gasteiger partial charge in [0.25, 0.3) is 0 Å². The van der Waals surface area contributed by atoms with E-state index in [0.29, 0.717) is 12.8 Å². The number of aromatic nitrogens is 2. The summed E-state index contributed by atoms with van der Waals surface area (Å²) in [4.78, 5) is 16.1. The Morgan fingerprint density at radius 1 is 1.55 bits per heavy atom. The zero-order valence-corrected chi connectivity index (χ0v) is 12.8. The van der Waals surface area contributed by atoms with Gasteiger partial charge in [0.05, 0.1) is 12.0 Å². The van der Waals surface area contributed by atoms with E-state index in [1.54, 1.807) is 0 Å². The average Bonchev–Trinajstić information content (AvgIpc) is 2.69. The number of nitrogens with zero attached hydrogens (tertiary/aromatic N) is 2. The van der Waals surface area contributed by atoms with Crippen LogP contribution in [0.2, 0.25) is 0 Å². The number of aliphatic carboxylic acids is 1. The Morgan fingerprint density at radius 2 is 2.25 bits per heavy atom. The van der Waals surface area contributed by atoms with Crippen LogP contribution in [0.4, 0.5) is 0 Å². The van der Waals surface area contributed by atoms with Gasteiger partial charge in [-0.25, -0.2) is 4.98 Å². The largest absolute Gasteiger partial charge is 0.480 e. The predicted molar refractivity (Wildman–Crippen MR) is 77.8 cm³/mol. The number of imidazole rings is 1. The van der Waals surface area contributed by atoms with Gasteiger partial charge in [0.1, 0.15) is 5.54 Å². The Bertz CT molecular complexity index is 495. The van der Waals surface area contributed by atoms with E-state index in [-0.39, 0.29) is 12.1 Å². The van der Waals surface area contributed by atoms with Crippen LogP contribution in [0.15, 0.2) is 6.33 Å². The van der Waals surface area contributed by atoms with Crippen molar-refractivity contribution in [3.05, 3.63) is 17.7 Å². The molecule has 0 aromatic carbocycles. The van der Waals surface area contributed by atoms with Crippen LogP contribution in [0, 0.1) is 13.8 Å². The van der Waals surface area contributed by atoms with Gasteiger partial charge in [-0.3, -0.25) is 10.1 Å². The highest BCUT2D eigenvalue weighted by molar-refractivity contribution is 5.79. The third-order valence-corrected chi connectivity index (χ3v) is 4.38. The number of hydrogen-bond donors (Lipinski definition) is 2. The molecule has 2 N–H and O–H groups in total. The van der Waals surface area contributed by atoms with Crippen molar-refractivity contribution in [3.63, 3.8) is 0 Å². The lowest BCUT2D eigenvalue weighted by atomic mass is 9.78. The number of nitrogens with one attached hydrogen (secondary N) is 1. The molecule has 1 aromatic rings. The van der Waals surface area contributed by atoms with Crippen molar-refractivity contribution in [3.8, 4) is 0 Å². The fraction of sp³-hybridized carbons (Fsp3) is 0.733. The summed E-state index contributed by atoms with van der Waals surface area (Å²) in [5.74, 6) is -0.731. The quantitative estimate of drug-likeness (QED) is 0.888. The van der Waals surface area contributed by atoms with Gasteiger partial charge in [-0.15, -0.1) is 0 Å². The molecule has 1 aliphatic carbocycles. The van der Waals surface area contributed by atoms with E-state index in [2.05, 4.69) is 21.8 Å². The molecule has 5 heteroatoms. The SMILES string of the molecule is Cc1ncn(C2CCCC(NC(C)C)(C(=O)O)C2)c1C. The number of hydrogen-bond acceptors (Lipinski definition) is 3. The molecule has 0 bridgehead atoms. The van der Waals surface area contributed by atoms with Crippen LogP contribution in [-0.4, -0.2) is 32.2 Å². The lowest BCUT2D eigenvalue weighted by Crippen LogP contribution is -2.57. The lowest BCUT2D eigenvalue weighted by molar-refractivity contribution is -0.147. The highest BCUT2D eigenvalue weighted by Crippen LogP contribution is 2.37. The monoisotopic (exact) mass is 279 g/mol. The van der Waals surface area contributed by atoms with Gasteiger partial charge in [-0.05, 0) is 53.4 Å². The fourth-order valence-electron chi connectivity index (χ4n) is 3.31. The van der Waals surface area contributed by atoms with E-state index in [0.717, 1.165) is 24.2 Å². The maximum atomic E-state index is 11.8. The van der Waals surface area contributed by atoms with Crippen molar-refractivity contribution >= 4 is 5.97 Å². The van der Waals surface area contributed by atoms with E-state index in [1.807, 2.05) is 27.1 Å². The van der Waals surface area contributed by atoms with Crippen molar-refractivity contribution in [1.29, 1.82) is 0 Å². The smallest absolute Gasteiger partial charge is 0.323 e. The molecule has 2 atom stereocenters. The van der Waals surface area contributed by atoms with Crippen molar-refractivity contribution in [2.75, 3.05) is 0 Å². The molecule has 1 aliphatic rings. The zero-order valence-electron chi connectivity index (χ0n) is 12.8. The van der Waals surface area contributed by atoms with E-state index in [4.69, 9.17) is 0 Å². The van der Waals surface area contributed by atoms with Crippen LogP contribution in [-0.2, 0) is 4.79 Å². The van der Waals surface area contributed by atoms with E-state index < -0.39 is 11.5 Å². The lowest BCUT2D eigenvalue weighted by Gasteiger charge is -2.40. The van der Waals surface area contributed by atoms with Crippen LogP contribution in [0.5, 0.6) is 0 Å². The van der Waals surface area contributed by atoms with Crippen LogP contribution in [0.25, 0.3) is 0 Å². The van der Waals surface area contributed by atoms with E-state index >= 15 is 0 Å². The van der Waals surface area contributed by atoms with Gasteiger partial charge < -0.3 is 9.67 Å². The summed E-state index contributed by atoms with van der Waals surface area (Å²) in [5, 5.41) is 13.0. The third-order valence-electron chi connectivity index (χ3n) is 4.38. The molecule has 1 aromatic heterocycles. The maximum Gasteiger partial charge on any atom is 0.323 e. The molecular formula is C15H25N3O2. The molecule has 1 fully saturated rings. The Hall–Kier alpha value is -1.36. The van der Waals surface area contributed by atoms with Crippen LogP contribution in [0.1, 0.15) is 57.0 Å². The van der Waals surface area contributed by atoms with Crippen molar-refractivity contribution < 1.29 is 9.90 Å².